The van der Waals surface area contributed by atoms with Crippen molar-refractivity contribution in [3.63, 3.8) is 0 Å². The first-order chi connectivity index (χ1) is 19.6. The molecular formula is C23H26F8N6O5. The monoisotopic (exact) mass is 618 g/mol. The molecule has 42 heavy (non-hydrogen) atoms. The number of ether oxygens (including phenoxy) is 1. The average Bonchev–Trinajstić information content (AvgIpc) is 2.94. The number of nitrogens with one attached hydrogen (secondary N) is 2. The fraction of sp³-hybridized carbons (Fsp3) is 0.478. The van der Waals surface area contributed by atoms with E-state index in [1.807, 2.05) is 6.07 Å². The average molecular weight is 618 g/mol. The number of carbonyl (C=O) groups is 2. The molecule has 0 aliphatic carbocycles. The summed E-state index contributed by atoms with van der Waals surface area (Å²) in [5, 5.41) is 20.8. The zero-order chi connectivity index (χ0) is 31.5. The van der Waals surface area contributed by atoms with Gasteiger partial charge in [0.05, 0.1) is 13.2 Å². The van der Waals surface area contributed by atoms with Crippen LogP contribution in [0.1, 0.15) is 12.0 Å². The molecule has 0 aromatic carbocycles. The number of morpholine rings is 1. The summed E-state index contributed by atoms with van der Waals surface area (Å²) in [5.41, 5.74) is 0.992. The van der Waals surface area contributed by atoms with E-state index >= 15 is 0 Å². The Balaban J connectivity index is 0.000000367. The van der Waals surface area contributed by atoms with Gasteiger partial charge in [-0.05, 0) is 12.1 Å². The number of nitrogens with zero attached hydrogens (tertiary/aromatic N) is 4. The van der Waals surface area contributed by atoms with E-state index in [1.54, 1.807) is 6.07 Å². The number of aliphatic carboxylic acids is 2. The van der Waals surface area contributed by atoms with E-state index in [4.69, 9.17) is 29.5 Å². The molecule has 0 saturated carbocycles. The predicted octanol–water partition coefficient (Wildman–Crippen LogP) is 3.67. The molecular weight excluding hydrogens is 592 g/mol. The van der Waals surface area contributed by atoms with Gasteiger partial charge >= 0.3 is 24.3 Å². The lowest BCUT2D eigenvalue weighted by atomic mass is 10.2. The van der Waals surface area contributed by atoms with Crippen LogP contribution in [0.2, 0.25) is 0 Å². The maximum atomic E-state index is 12.7. The smallest absolute Gasteiger partial charge is 0.475 e. The molecule has 2 aromatic rings. The van der Waals surface area contributed by atoms with Gasteiger partial charge in [-0.3, -0.25) is 0 Å². The van der Waals surface area contributed by atoms with Crippen LogP contribution in [0.25, 0.3) is 0 Å². The zero-order valence-corrected chi connectivity index (χ0v) is 21.6. The number of alkyl halides is 8. The maximum Gasteiger partial charge on any atom is 0.490 e. The summed E-state index contributed by atoms with van der Waals surface area (Å²) in [6.45, 7) is 6.67. The minimum absolute atomic E-state index is 0.0953. The van der Waals surface area contributed by atoms with E-state index in [1.165, 1.54) is 12.3 Å². The Morgan fingerprint density at radius 1 is 0.881 bits per heavy atom. The Kier molecular flexibility index (Phi) is 12.5. The molecule has 4 heterocycles. The molecule has 0 atom stereocenters. The standard InChI is InChI=1S/C19H24F2N6O.2C2HF3O2/c20-19(21)14-1-2-16(23-13-14)24-17-11-15(26-5-3-22-4-6-26)12-18(25-17)27-7-9-28-10-8-27;2*3-2(4,5)1(6)7/h1-2,11-13,19,22H,3-10H2,(H,23,24,25);2*(H,6,7). The van der Waals surface area contributed by atoms with Crippen molar-refractivity contribution in [2.45, 2.75) is 18.8 Å². The molecule has 11 nitrogen and oxygen atoms in total. The molecule has 0 spiro atoms. The van der Waals surface area contributed by atoms with Crippen LogP contribution in [0.15, 0.2) is 30.5 Å². The first-order valence-electron chi connectivity index (χ1n) is 12.0. The quantitative estimate of drug-likeness (QED) is 0.365. The third-order valence-electron chi connectivity index (χ3n) is 5.39. The molecule has 4 rings (SSSR count). The van der Waals surface area contributed by atoms with Crippen LogP contribution >= 0.6 is 0 Å². The van der Waals surface area contributed by atoms with Crippen LogP contribution < -0.4 is 20.4 Å². The van der Waals surface area contributed by atoms with Gasteiger partial charge in [-0.15, -0.1) is 0 Å². The molecule has 2 saturated heterocycles. The second-order valence-corrected chi connectivity index (χ2v) is 8.41. The number of carboxylic acid groups (broad SMARTS) is 2. The Hall–Kier alpha value is -4.00. The first-order valence-corrected chi connectivity index (χ1v) is 12.0. The molecule has 234 valence electrons. The van der Waals surface area contributed by atoms with E-state index in [-0.39, 0.29) is 5.56 Å². The number of aromatic nitrogens is 2. The number of piperazine rings is 1. The largest absolute Gasteiger partial charge is 0.490 e. The fourth-order valence-corrected chi connectivity index (χ4v) is 3.37. The van der Waals surface area contributed by atoms with Gasteiger partial charge < -0.3 is 35.4 Å². The number of halogens is 8. The van der Waals surface area contributed by atoms with Crippen molar-refractivity contribution in [1.82, 2.24) is 15.3 Å². The van der Waals surface area contributed by atoms with Gasteiger partial charge in [0.1, 0.15) is 17.5 Å². The SMILES string of the molecule is FC(F)c1ccc(Nc2cc(N3CCNCC3)cc(N3CCOCC3)n2)nc1.O=C(O)C(F)(F)F.O=C(O)C(F)(F)F. The van der Waals surface area contributed by atoms with Crippen molar-refractivity contribution in [3.8, 4) is 0 Å². The molecule has 0 bridgehead atoms. The van der Waals surface area contributed by atoms with Gasteiger partial charge in [0.2, 0.25) is 0 Å². The number of anilines is 4. The Labute approximate surface area is 233 Å². The summed E-state index contributed by atoms with van der Waals surface area (Å²) in [6.07, 6.45) is -11.5. The molecule has 2 fully saturated rings. The molecule has 0 amide bonds. The lowest BCUT2D eigenvalue weighted by Gasteiger charge is -2.32. The highest BCUT2D eigenvalue weighted by atomic mass is 19.4. The highest BCUT2D eigenvalue weighted by molar-refractivity contribution is 5.73. The summed E-state index contributed by atoms with van der Waals surface area (Å²) in [7, 11) is 0. The van der Waals surface area contributed by atoms with Crippen LogP contribution in [-0.2, 0) is 14.3 Å². The zero-order valence-electron chi connectivity index (χ0n) is 21.6. The number of pyridine rings is 2. The van der Waals surface area contributed by atoms with Gasteiger partial charge in [-0.25, -0.2) is 28.3 Å². The van der Waals surface area contributed by atoms with E-state index < -0.39 is 30.7 Å². The van der Waals surface area contributed by atoms with Crippen LogP contribution in [-0.4, -0.2) is 97.0 Å². The van der Waals surface area contributed by atoms with Crippen LogP contribution in [0.3, 0.4) is 0 Å². The lowest BCUT2D eigenvalue weighted by molar-refractivity contribution is -0.193. The van der Waals surface area contributed by atoms with Gasteiger partial charge in [-0.2, -0.15) is 26.3 Å². The molecule has 2 aliphatic heterocycles. The third-order valence-corrected chi connectivity index (χ3v) is 5.39. The first kappa shape index (κ1) is 34.2. The predicted molar refractivity (Wildman–Crippen MR) is 132 cm³/mol. The molecule has 2 aliphatic rings. The van der Waals surface area contributed by atoms with Crippen molar-refractivity contribution in [2.24, 2.45) is 0 Å². The summed E-state index contributed by atoms with van der Waals surface area (Å²) in [5.74, 6) is -3.50. The van der Waals surface area contributed by atoms with E-state index in [2.05, 4.69) is 31.5 Å². The number of carboxylic acids is 2. The maximum absolute atomic E-state index is 12.7. The number of rotatable bonds is 5. The number of hydrogen-bond acceptors (Lipinski definition) is 9. The molecule has 2 aromatic heterocycles. The van der Waals surface area contributed by atoms with Gasteiger partial charge in [0.15, 0.2) is 0 Å². The summed E-state index contributed by atoms with van der Waals surface area (Å²) in [6, 6.07) is 7.02. The molecule has 0 radical (unpaired) electrons. The molecule has 0 unspecified atom stereocenters. The van der Waals surface area contributed by atoms with Crippen molar-refractivity contribution in [1.29, 1.82) is 0 Å². The Morgan fingerprint density at radius 3 is 1.88 bits per heavy atom. The van der Waals surface area contributed by atoms with E-state index in [9.17, 15) is 35.1 Å². The van der Waals surface area contributed by atoms with Crippen molar-refractivity contribution >= 4 is 35.1 Å². The van der Waals surface area contributed by atoms with Crippen molar-refractivity contribution in [2.75, 3.05) is 67.6 Å². The Bertz CT molecular complexity index is 1100. The second-order valence-electron chi connectivity index (χ2n) is 8.41. The van der Waals surface area contributed by atoms with Gasteiger partial charge in [0.25, 0.3) is 6.43 Å². The minimum Gasteiger partial charge on any atom is -0.475 e. The van der Waals surface area contributed by atoms with Crippen LogP contribution in [0, 0.1) is 0 Å². The minimum atomic E-state index is -5.08. The highest BCUT2D eigenvalue weighted by Gasteiger charge is 2.38. The third kappa shape index (κ3) is 11.5. The van der Waals surface area contributed by atoms with Gasteiger partial charge in [0, 0.05) is 68.8 Å². The van der Waals surface area contributed by atoms with Crippen LogP contribution in [0.4, 0.5) is 58.3 Å². The second kappa shape index (κ2) is 15.3. The highest BCUT2D eigenvalue weighted by Crippen LogP contribution is 2.28. The summed E-state index contributed by atoms with van der Waals surface area (Å²) in [4.78, 5) is 31.1. The topological polar surface area (TPSA) is 140 Å². The Morgan fingerprint density at radius 2 is 1.43 bits per heavy atom. The van der Waals surface area contributed by atoms with Crippen LogP contribution in [0.5, 0.6) is 0 Å². The van der Waals surface area contributed by atoms with E-state index in [0.29, 0.717) is 24.8 Å². The van der Waals surface area contributed by atoms with Gasteiger partial charge in [-0.1, -0.05) is 0 Å². The van der Waals surface area contributed by atoms with Crippen molar-refractivity contribution < 1.29 is 59.7 Å². The summed E-state index contributed by atoms with van der Waals surface area (Å²) >= 11 is 0. The molecule has 19 heteroatoms. The normalized spacial score (nSPS) is 15.6. The molecule has 4 N–H and O–H groups in total. The lowest BCUT2D eigenvalue weighted by Crippen LogP contribution is -2.43. The fourth-order valence-electron chi connectivity index (χ4n) is 3.37. The van der Waals surface area contributed by atoms with E-state index in [0.717, 1.165) is 50.8 Å². The van der Waals surface area contributed by atoms with Crippen molar-refractivity contribution in [3.05, 3.63) is 36.0 Å². The summed E-state index contributed by atoms with van der Waals surface area (Å²) < 4.78 is 94.4. The number of hydrogen-bond donors (Lipinski definition) is 4.